The van der Waals surface area contributed by atoms with Crippen molar-refractivity contribution in [2.75, 3.05) is 13.7 Å². The van der Waals surface area contributed by atoms with Crippen LogP contribution >= 0.6 is 11.6 Å². The summed E-state index contributed by atoms with van der Waals surface area (Å²) in [6.45, 7) is 3.71. The number of aliphatic carboxylic acids is 1. The highest BCUT2D eigenvalue weighted by atomic mass is 35.5. The normalized spacial score (nSPS) is 12.3. The fraction of sp³-hybridized carbons (Fsp3) is 0.462. The van der Waals surface area contributed by atoms with Crippen LogP contribution in [-0.4, -0.2) is 30.8 Å². The molecule has 106 valence electrons. The van der Waals surface area contributed by atoms with E-state index in [9.17, 15) is 4.79 Å². The van der Waals surface area contributed by atoms with Gasteiger partial charge in [-0.15, -0.1) is 0 Å². The zero-order valence-corrected chi connectivity index (χ0v) is 11.9. The molecule has 0 aliphatic heterocycles. The van der Waals surface area contributed by atoms with Gasteiger partial charge in [0, 0.05) is 17.6 Å². The molecule has 0 aromatic heterocycles. The molecule has 0 saturated carbocycles. The van der Waals surface area contributed by atoms with Crippen molar-refractivity contribution in [3.05, 3.63) is 22.7 Å². The predicted molar refractivity (Wildman–Crippen MR) is 73.2 cm³/mol. The van der Waals surface area contributed by atoms with E-state index in [1.807, 2.05) is 13.8 Å². The molecule has 1 aromatic carbocycles. The maximum Gasteiger partial charge on any atom is 0.312 e. The van der Waals surface area contributed by atoms with Gasteiger partial charge in [0.15, 0.2) is 11.5 Å². The minimum atomic E-state index is -1.02. The van der Waals surface area contributed by atoms with Gasteiger partial charge < -0.3 is 20.3 Å². The predicted octanol–water partition coefficient (Wildman–Crippen LogP) is 2.26. The van der Waals surface area contributed by atoms with Crippen LogP contribution in [0.5, 0.6) is 11.5 Å². The Balaban J connectivity index is 3.25. The van der Waals surface area contributed by atoms with Crippen LogP contribution in [0.15, 0.2) is 12.1 Å². The van der Waals surface area contributed by atoms with E-state index in [0.717, 1.165) is 0 Å². The molecular weight excluding hydrogens is 270 g/mol. The third-order valence-corrected chi connectivity index (χ3v) is 2.88. The molecule has 1 atom stereocenters. The monoisotopic (exact) mass is 287 g/mol. The zero-order valence-electron chi connectivity index (χ0n) is 11.1. The standard InChI is InChI=1S/C13H18ClNO4/c1-7(2)19-12-5-10(14)8(4-11(12)18-3)9(6-15)13(16)17/h4-5,7,9H,6,15H2,1-3H3,(H,16,17). The Morgan fingerprint density at radius 2 is 2.05 bits per heavy atom. The van der Waals surface area contributed by atoms with E-state index in [-0.39, 0.29) is 12.6 Å². The van der Waals surface area contributed by atoms with Crippen LogP contribution in [0.3, 0.4) is 0 Å². The lowest BCUT2D eigenvalue weighted by atomic mass is 9.99. The van der Waals surface area contributed by atoms with Crippen LogP contribution in [0.2, 0.25) is 5.02 Å². The second kappa shape index (κ2) is 6.63. The van der Waals surface area contributed by atoms with E-state index in [1.54, 1.807) is 12.1 Å². The summed E-state index contributed by atoms with van der Waals surface area (Å²) in [6, 6.07) is 3.12. The van der Waals surface area contributed by atoms with Gasteiger partial charge in [0.05, 0.1) is 19.1 Å². The molecule has 0 fully saturated rings. The second-order valence-corrected chi connectivity index (χ2v) is 4.72. The summed E-state index contributed by atoms with van der Waals surface area (Å²) >= 11 is 6.10. The van der Waals surface area contributed by atoms with Crippen molar-refractivity contribution in [3.8, 4) is 11.5 Å². The van der Waals surface area contributed by atoms with Crippen molar-refractivity contribution in [1.29, 1.82) is 0 Å². The minimum Gasteiger partial charge on any atom is -0.493 e. The molecule has 5 nitrogen and oxygen atoms in total. The molecule has 0 spiro atoms. The average molecular weight is 288 g/mol. The van der Waals surface area contributed by atoms with Crippen LogP contribution in [0.4, 0.5) is 0 Å². The molecule has 0 heterocycles. The van der Waals surface area contributed by atoms with Crippen molar-refractivity contribution in [3.63, 3.8) is 0 Å². The number of hydrogen-bond acceptors (Lipinski definition) is 4. The number of halogens is 1. The first-order chi connectivity index (χ1) is 8.90. The number of carboxylic acid groups (broad SMARTS) is 1. The molecule has 1 rings (SSSR count). The third-order valence-electron chi connectivity index (χ3n) is 2.55. The van der Waals surface area contributed by atoms with Crippen LogP contribution in [0.1, 0.15) is 25.3 Å². The Kier molecular flexibility index (Phi) is 5.44. The number of hydrogen-bond donors (Lipinski definition) is 2. The minimum absolute atomic E-state index is 0.0391. The highest BCUT2D eigenvalue weighted by Crippen LogP contribution is 2.37. The third kappa shape index (κ3) is 3.75. The maximum atomic E-state index is 11.1. The lowest BCUT2D eigenvalue weighted by molar-refractivity contribution is -0.138. The number of nitrogens with two attached hydrogens (primary N) is 1. The van der Waals surface area contributed by atoms with Crippen molar-refractivity contribution in [2.24, 2.45) is 5.73 Å². The number of benzene rings is 1. The molecule has 0 aliphatic carbocycles. The molecule has 0 radical (unpaired) electrons. The molecule has 0 saturated heterocycles. The molecule has 6 heteroatoms. The molecule has 0 aliphatic rings. The van der Waals surface area contributed by atoms with Crippen molar-refractivity contribution >= 4 is 17.6 Å². The van der Waals surface area contributed by atoms with E-state index < -0.39 is 11.9 Å². The van der Waals surface area contributed by atoms with Gasteiger partial charge in [0.1, 0.15) is 0 Å². The van der Waals surface area contributed by atoms with Gasteiger partial charge in [0.2, 0.25) is 0 Å². The van der Waals surface area contributed by atoms with E-state index in [0.29, 0.717) is 22.1 Å². The van der Waals surface area contributed by atoms with E-state index >= 15 is 0 Å². The van der Waals surface area contributed by atoms with E-state index in [4.69, 9.17) is 31.9 Å². The quantitative estimate of drug-likeness (QED) is 0.839. The molecule has 0 amide bonds. The number of ether oxygens (including phenoxy) is 2. The van der Waals surface area contributed by atoms with Crippen LogP contribution in [0, 0.1) is 0 Å². The molecule has 0 bridgehead atoms. The first kappa shape index (κ1) is 15.6. The summed E-state index contributed by atoms with van der Waals surface area (Å²) in [5.74, 6) is -0.973. The average Bonchev–Trinajstić information content (AvgIpc) is 2.31. The summed E-state index contributed by atoms with van der Waals surface area (Å²) in [4.78, 5) is 11.1. The first-order valence-corrected chi connectivity index (χ1v) is 6.25. The van der Waals surface area contributed by atoms with Crippen LogP contribution in [-0.2, 0) is 4.79 Å². The van der Waals surface area contributed by atoms with Gasteiger partial charge in [0.25, 0.3) is 0 Å². The summed E-state index contributed by atoms with van der Waals surface area (Å²) in [5.41, 5.74) is 5.89. The van der Waals surface area contributed by atoms with Gasteiger partial charge in [-0.1, -0.05) is 11.6 Å². The van der Waals surface area contributed by atoms with E-state index in [1.165, 1.54) is 7.11 Å². The highest BCUT2D eigenvalue weighted by molar-refractivity contribution is 6.31. The van der Waals surface area contributed by atoms with Gasteiger partial charge in [-0.05, 0) is 25.5 Å². The van der Waals surface area contributed by atoms with Gasteiger partial charge >= 0.3 is 5.97 Å². The van der Waals surface area contributed by atoms with Gasteiger partial charge in [-0.25, -0.2) is 0 Å². The maximum absolute atomic E-state index is 11.1. The molecule has 3 N–H and O–H groups in total. The lowest BCUT2D eigenvalue weighted by Crippen LogP contribution is -2.21. The van der Waals surface area contributed by atoms with Crippen molar-refractivity contribution in [1.82, 2.24) is 0 Å². The van der Waals surface area contributed by atoms with Gasteiger partial charge in [-0.2, -0.15) is 0 Å². The molecular formula is C13H18ClNO4. The number of rotatable bonds is 6. The molecule has 19 heavy (non-hydrogen) atoms. The van der Waals surface area contributed by atoms with Crippen LogP contribution in [0.25, 0.3) is 0 Å². The SMILES string of the molecule is COc1cc(C(CN)C(=O)O)c(Cl)cc1OC(C)C. The Bertz CT molecular complexity index is 462. The topological polar surface area (TPSA) is 81.8 Å². The summed E-state index contributed by atoms with van der Waals surface area (Å²) in [5, 5.41) is 9.42. The Hall–Kier alpha value is -1.46. The van der Waals surface area contributed by atoms with Gasteiger partial charge in [-0.3, -0.25) is 4.79 Å². The van der Waals surface area contributed by atoms with Crippen LogP contribution < -0.4 is 15.2 Å². The first-order valence-electron chi connectivity index (χ1n) is 5.87. The summed E-state index contributed by atoms with van der Waals surface area (Å²) < 4.78 is 10.8. The number of carboxylic acids is 1. The fourth-order valence-corrected chi connectivity index (χ4v) is 1.97. The van der Waals surface area contributed by atoms with Crippen molar-refractivity contribution < 1.29 is 19.4 Å². The zero-order chi connectivity index (χ0) is 14.6. The largest absolute Gasteiger partial charge is 0.493 e. The summed E-state index contributed by atoms with van der Waals surface area (Å²) in [7, 11) is 1.48. The highest BCUT2D eigenvalue weighted by Gasteiger charge is 2.23. The Morgan fingerprint density at radius 3 is 2.47 bits per heavy atom. The second-order valence-electron chi connectivity index (χ2n) is 4.32. The fourth-order valence-electron chi connectivity index (χ4n) is 1.68. The lowest BCUT2D eigenvalue weighted by Gasteiger charge is -2.18. The number of carbonyl (C=O) groups is 1. The molecule has 1 unspecified atom stereocenters. The smallest absolute Gasteiger partial charge is 0.312 e. The number of methoxy groups -OCH3 is 1. The summed E-state index contributed by atoms with van der Waals surface area (Å²) in [6.07, 6.45) is -0.0411. The Labute approximate surface area is 117 Å². The Morgan fingerprint density at radius 1 is 1.42 bits per heavy atom. The van der Waals surface area contributed by atoms with E-state index in [2.05, 4.69) is 0 Å². The van der Waals surface area contributed by atoms with Crippen molar-refractivity contribution in [2.45, 2.75) is 25.9 Å². The molecule has 1 aromatic rings.